The number of hydrogen-bond donors (Lipinski definition) is 1. The molecule has 1 aromatic rings. The zero-order valence-electron chi connectivity index (χ0n) is 12.9. The van der Waals surface area contributed by atoms with Gasteiger partial charge in [0.05, 0.1) is 0 Å². The number of nitrogens with zero attached hydrogens (tertiary/aromatic N) is 1. The van der Waals surface area contributed by atoms with E-state index in [1.165, 1.54) is 42.6 Å². The van der Waals surface area contributed by atoms with Gasteiger partial charge in [-0.25, -0.2) is 0 Å². The van der Waals surface area contributed by atoms with Gasteiger partial charge >= 0.3 is 0 Å². The third-order valence-corrected chi connectivity index (χ3v) is 4.18. The topological polar surface area (TPSA) is 15.3 Å². The summed E-state index contributed by atoms with van der Waals surface area (Å²) in [4.78, 5) is 2.46. The van der Waals surface area contributed by atoms with Crippen LogP contribution in [0.25, 0.3) is 0 Å². The van der Waals surface area contributed by atoms with Gasteiger partial charge in [-0.1, -0.05) is 29.3 Å². The van der Waals surface area contributed by atoms with Crippen LogP contribution in [0.1, 0.15) is 42.5 Å². The van der Waals surface area contributed by atoms with Crippen LogP contribution in [0, 0.1) is 19.8 Å². The summed E-state index contributed by atoms with van der Waals surface area (Å²) in [5, 5.41) is 3.72. The molecule has 0 saturated carbocycles. The first-order valence-corrected chi connectivity index (χ1v) is 7.54. The van der Waals surface area contributed by atoms with Crippen LogP contribution in [0.3, 0.4) is 0 Å². The highest BCUT2D eigenvalue weighted by Crippen LogP contribution is 2.19. The summed E-state index contributed by atoms with van der Waals surface area (Å²) in [6.45, 7) is 10.3. The maximum absolute atomic E-state index is 3.72. The van der Waals surface area contributed by atoms with Crippen molar-refractivity contribution in [3.63, 3.8) is 0 Å². The van der Waals surface area contributed by atoms with E-state index >= 15 is 0 Å². The van der Waals surface area contributed by atoms with Gasteiger partial charge in [0.25, 0.3) is 0 Å². The third-order valence-electron chi connectivity index (χ3n) is 4.18. The van der Waals surface area contributed by atoms with Crippen molar-refractivity contribution in [1.82, 2.24) is 10.2 Å². The van der Waals surface area contributed by atoms with Crippen molar-refractivity contribution in [1.29, 1.82) is 0 Å². The van der Waals surface area contributed by atoms with Gasteiger partial charge in [-0.2, -0.15) is 0 Å². The molecule has 2 unspecified atom stereocenters. The highest BCUT2D eigenvalue weighted by molar-refractivity contribution is 5.30. The Morgan fingerprint density at radius 1 is 1.26 bits per heavy atom. The molecular formula is C17H28N2. The van der Waals surface area contributed by atoms with Crippen molar-refractivity contribution in [3.05, 3.63) is 34.9 Å². The first-order valence-electron chi connectivity index (χ1n) is 7.54. The molecule has 1 aromatic carbocycles. The lowest BCUT2D eigenvalue weighted by Gasteiger charge is -2.30. The van der Waals surface area contributed by atoms with Crippen molar-refractivity contribution in [2.24, 2.45) is 5.92 Å². The molecule has 1 heterocycles. The van der Waals surface area contributed by atoms with Crippen LogP contribution in [0.2, 0.25) is 0 Å². The number of hydrogen-bond acceptors (Lipinski definition) is 2. The molecule has 2 rings (SSSR count). The fourth-order valence-corrected chi connectivity index (χ4v) is 3.16. The van der Waals surface area contributed by atoms with Crippen molar-refractivity contribution >= 4 is 0 Å². The zero-order valence-corrected chi connectivity index (χ0v) is 12.9. The Morgan fingerprint density at radius 3 is 2.58 bits per heavy atom. The number of nitrogens with one attached hydrogen (secondary N) is 1. The Hall–Kier alpha value is -0.860. The second kappa shape index (κ2) is 6.53. The number of likely N-dealkylation sites (tertiary alicyclic amines) is 1. The number of aryl methyl sites for hydroxylation is 2. The summed E-state index contributed by atoms with van der Waals surface area (Å²) < 4.78 is 0. The lowest BCUT2D eigenvalue weighted by atomic mass is 9.97. The molecule has 2 atom stereocenters. The van der Waals surface area contributed by atoms with E-state index in [1.807, 2.05) is 0 Å². The molecule has 0 bridgehead atoms. The molecule has 0 aliphatic carbocycles. The van der Waals surface area contributed by atoms with E-state index in [-0.39, 0.29) is 0 Å². The van der Waals surface area contributed by atoms with E-state index in [4.69, 9.17) is 0 Å². The van der Waals surface area contributed by atoms with E-state index in [9.17, 15) is 0 Å². The van der Waals surface area contributed by atoms with Crippen LogP contribution in [-0.2, 0) is 0 Å². The molecule has 19 heavy (non-hydrogen) atoms. The Kier molecular flexibility index (Phi) is 5.00. The van der Waals surface area contributed by atoms with Crippen molar-refractivity contribution in [3.8, 4) is 0 Å². The molecule has 1 aliphatic rings. The molecule has 2 nitrogen and oxygen atoms in total. The maximum atomic E-state index is 3.72. The van der Waals surface area contributed by atoms with E-state index in [0.29, 0.717) is 6.04 Å². The smallest absolute Gasteiger partial charge is 0.0292 e. The zero-order chi connectivity index (χ0) is 13.8. The molecule has 0 radical (unpaired) electrons. The molecule has 1 fully saturated rings. The van der Waals surface area contributed by atoms with E-state index < -0.39 is 0 Å². The fraction of sp³-hybridized carbons (Fsp3) is 0.647. The molecule has 0 spiro atoms. The van der Waals surface area contributed by atoms with Crippen LogP contribution in [0.15, 0.2) is 18.2 Å². The average Bonchev–Trinajstić information content (AvgIpc) is 2.35. The van der Waals surface area contributed by atoms with Crippen molar-refractivity contribution in [2.75, 3.05) is 26.7 Å². The predicted molar refractivity (Wildman–Crippen MR) is 82.6 cm³/mol. The van der Waals surface area contributed by atoms with Gasteiger partial charge < -0.3 is 10.2 Å². The standard InChI is InChI=1S/C17H28N2/c1-13-8-14(2)10-17(9-13)15(3)18-11-16-6-5-7-19(4)12-16/h8-10,15-16,18H,5-7,11-12H2,1-4H3. The van der Waals surface area contributed by atoms with Gasteiger partial charge in [-0.3, -0.25) is 0 Å². The molecular weight excluding hydrogens is 232 g/mol. The number of rotatable bonds is 4. The monoisotopic (exact) mass is 260 g/mol. The van der Waals surface area contributed by atoms with Gasteiger partial charge in [0.1, 0.15) is 0 Å². The second-order valence-electron chi connectivity index (χ2n) is 6.32. The Bertz CT molecular complexity index is 393. The Labute approximate surface area is 118 Å². The van der Waals surface area contributed by atoms with E-state index in [2.05, 4.69) is 56.2 Å². The fourth-order valence-electron chi connectivity index (χ4n) is 3.16. The lowest BCUT2D eigenvalue weighted by Crippen LogP contribution is -2.37. The first-order chi connectivity index (χ1) is 9.04. The summed E-state index contributed by atoms with van der Waals surface area (Å²) in [6, 6.07) is 7.30. The molecule has 0 amide bonds. The van der Waals surface area contributed by atoms with Crippen LogP contribution in [0.5, 0.6) is 0 Å². The largest absolute Gasteiger partial charge is 0.310 e. The van der Waals surface area contributed by atoms with Gasteiger partial charge in [-0.05, 0) is 65.2 Å². The number of piperidine rings is 1. The Balaban J connectivity index is 1.88. The van der Waals surface area contributed by atoms with Gasteiger partial charge in [0.15, 0.2) is 0 Å². The minimum absolute atomic E-state index is 0.450. The third kappa shape index (κ3) is 4.32. The van der Waals surface area contributed by atoms with Crippen LogP contribution in [0.4, 0.5) is 0 Å². The molecule has 106 valence electrons. The molecule has 1 N–H and O–H groups in total. The van der Waals surface area contributed by atoms with Gasteiger partial charge in [0, 0.05) is 12.6 Å². The van der Waals surface area contributed by atoms with Crippen molar-refractivity contribution in [2.45, 2.75) is 39.7 Å². The highest BCUT2D eigenvalue weighted by atomic mass is 15.1. The normalized spacial score (nSPS) is 22.4. The highest BCUT2D eigenvalue weighted by Gasteiger charge is 2.17. The van der Waals surface area contributed by atoms with Crippen molar-refractivity contribution < 1.29 is 0 Å². The van der Waals surface area contributed by atoms with E-state index in [1.54, 1.807) is 0 Å². The number of benzene rings is 1. The molecule has 1 saturated heterocycles. The summed E-state index contributed by atoms with van der Waals surface area (Å²) >= 11 is 0. The molecule has 1 aliphatic heterocycles. The first kappa shape index (κ1) is 14.5. The second-order valence-corrected chi connectivity index (χ2v) is 6.32. The van der Waals surface area contributed by atoms with Crippen LogP contribution >= 0.6 is 0 Å². The van der Waals surface area contributed by atoms with Gasteiger partial charge in [0.2, 0.25) is 0 Å². The van der Waals surface area contributed by atoms with E-state index in [0.717, 1.165) is 12.5 Å². The molecule has 0 aromatic heterocycles. The predicted octanol–water partition coefficient (Wildman–Crippen LogP) is 3.30. The summed E-state index contributed by atoms with van der Waals surface area (Å²) in [6.07, 6.45) is 2.72. The van der Waals surface area contributed by atoms with Crippen LogP contribution in [-0.4, -0.2) is 31.6 Å². The average molecular weight is 260 g/mol. The van der Waals surface area contributed by atoms with Gasteiger partial charge in [-0.15, -0.1) is 0 Å². The quantitative estimate of drug-likeness (QED) is 0.893. The van der Waals surface area contributed by atoms with Crippen LogP contribution < -0.4 is 5.32 Å². The minimum atomic E-state index is 0.450. The Morgan fingerprint density at radius 2 is 1.95 bits per heavy atom. The SMILES string of the molecule is Cc1cc(C)cc(C(C)NCC2CCCN(C)C2)c1. The summed E-state index contributed by atoms with van der Waals surface area (Å²) in [5.41, 5.74) is 4.14. The summed E-state index contributed by atoms with van der Waals surface area (Å²) in [7, 11) is 2.24. The molecule has 2 heteroatoms. The summed E-state index contributed by atoms with van der Waals surface area (Å²) in [5.74, 6) is 0.812. The maximum Gasteiger partial charge on any atom is 0.0292 e. The lowest BCUT2D eigenvalue weighted by molar-refractivity contribution is 0.203. The minimum Gasteiger partial charge on any atom is -0.310 e.